The van der Waals surface area contributed by atoms with Crippen LogP contribution in [0, 0.1) is 11.3 Å². The van der Waals surface area contributed by atoms with E-state index in [2.05, 4.69) is 6.07 Å². The van der Waals surface area contributed by atoms with Gasteiger partial charge in [0.05, 0.1) is 11.6 Å². The van der Waals surface area contributed by atoms with Crippen LogP contribution < -0.4 is 0 Å². The SMILES string of the molecule is CC(c1cccc(C#N)c1)N1CCCC1(C)C(=O)O. The maximum absolute atomic E-state index is 11.5. The Labute approximate surface area is 113 Å². The van der Waals surface area contributed by atoms with Crippen molar-refractivity contribution in [3.8, 4) is 6.07 Å². The number of likely N-dealkylation sites (tertiary alicyclic amines) is 1. The van der Waals surface area contributed by atoms with Gasteiger partial charge in [0.2, 0.25) is 0 Å². The quantitative estimate of drug-likeness (QED) is 0.905. The second-order valence-corrected chi connectivity index (χ2v) is 5.29. The first kappa shape index (κ1) is 13.6. The van der Waals surface area contributed by atoms with E-state index in [1.165, 1.54) is 0 Å². The number of carboxylic acids is 1. The van der Waals surface area contributed by atoms with Gasteiger partial charge in [0.1, 0.15) is 5.54 Å². The van der Waals surface area contributed by atoms with Crippen molar-refractivity contribution in [2.45, 2.75) is 38.3 Å². The number of benzene rings is 1. The van der Waals surface area contributed by atoms with Crippen LogP contribution in [-0.4, -0.2) is 28.1 Å². The number of hydrogen-bond acceptors (Lipinski definition) is 3. The van der Waals surface area contributed by atoms with Gasteiger partial charge in [0.25, 0.3) is 0 Å². The molecule has 0 bridgehead atoms. The topological polar surface area (TPSA) is 64.3 Å². The van der Waals surface area contributed by atoms with Gasteiger partial charge in [0, 0.05) is 6.04 Å². The molecule has 0 saturated carbocycles. The molecule has 4 nitrogen and oxygen atoms in total. The van der Waals surface area contributed by atoms with Crippen LogP contribution >= 0.6 is 0 Å². The normalized spacial score (nSPS) is 24.9. The number of rotatable bonds is 3. The van der Waals surface area contributed by atoms with Crippen LogP contribution in [0.4, 0.5) is 0 Å². The Kier molecular flexibility index (Phi) is 3.59. The molecule has 0 aliphatic carbocycles. The van der Waals surface area contributed by atoms with Crippen LogP contribution in [0.15, 0.2) is 24.3 Å². The number of nitriles is 1. The van der Waals surface area contributed by atoms with E-state index in [-0.39, 0.29) is 6.04 Å². The summed E-state index contributed by atoms with van der Waals surface area (Å²) in [6, 6.07) is 9.51. The molecule has 1 aromatic carbocycles. The third kappa shape index (κ3) is 2.34. The molecule has 1 aromatic rings. The molecule has 1 aliphatic rings. The standard InChI is InChI=1S/C15H18N2O2/c1-11(13-6-3-5-12(9-13)10-16)17-8-4-7-15(17,2)14(18)19/h3,5-6,9,11H,4,7-8H2,1-2H3,(H,18,19). The fourth-order valence-corrected chi connectivity index (χ4v) is 2.88. The smallest absolute Gasteiger partial charge is 0.323 e. The summed E-state index contributed by atoms with van der Waals surface area (Å²) < 4.78 is 0. The third-order valence-electron chi connectivity index (χ3n) is 4.12. The summed E-state index contributed by atoms with van der Waals surface area (Å²) in [5.41, 5.74) is 0.802. The van der Waals surface area contributed by atoms with E-state index in [9.17, 15) is 9.90 Å². The minimum Gasteiger partial charge on any atom is -0.480 e. The second-order valence-electron chi connectivity index (χ2n) is 5.29. The van der Waals surface area contributed by atoms with E-state index in [4.69, 9.17) is 5.26 Å². The van der Waals surface area contributed by atoms with Crippen molar-refractivity contribution >= 4 is 5.97 Å². The first-order chi connectivity index (χ1) is 8.99. The molecule has 2 unspecified atom stereocenters. The molecule has 1 heterocycles. The Morgan fingerprint density at radius 1 is 1.58 bits per heavy atom. The van der Waals surface area contributed by atoms with Crippen molar-refractivity contribution in [2.75, 3.05) is 6.54 Å². The van der Waals surface area contributed by atoms with E-state index >= 15 is 0 Å². The third-order valence-corrected chi connectivity index (χ3v) is 4.12. The fourth-order valence-electron chi connectivity index (χ4n) is 2.88. The van der Waals surface area contributed by atoms with Crippen LogP contribution in [0.1, 0.15) is 43.9 Å². The predicted octanol–water partition coefficient (Wildman–Crippen LogP) is 2.56. The van der Waals surface area contributed by atoms with Crippen molar-refractivity contribution in [3.05, 3.63) is 35.4 Å². The molecule has 0 aromatic heterocycles. The Bertz CT molecular complexity index is 535. The Balaban J connectivity index is 2.31. The zero-order valence-electron chi connectivity index (χ0n) is 11.3. The molecule has 1 aliphatic heterocycles. The summed E-state index contributed by atoms with van der Waals surface area (Å²) in [6.07, 6.45) is 1.57. The molecule has 19 heavy (non-hydrogen) atoms. The van der Waals surface area contributed by atoms with Gasteiger partial charge in [-0.3, -0.25) is 9.69 Å². The van der Waals surface area contributed by atoms with Gasteiger partial charge in [-0.2, -0.15) is 5.26 Å². The van der Waals surface area contributed by atoms with Gasteiger partial charge >= 0.3 is 5.97 Å². The molecule has 2 atom stereocenters. The highest BCUT2D eigenvalue weighted by atomic mass is 16.4. The maximum Gasteiger partial charge on any atom is 0.323 e. The van der Waals surface area contributed by atoms with E-state index in [0.717, 1.165) is 18.5 Å². The Hall–Kier alpha value is -1.86. The number of carboxylic acid groups (broad SMARTS) is 1. The van der Waals surface area contributed by atoms with Crippen LogP contribution in [0.5, 0.6) is 0 Å². The van der Waals surface area contributed by atoms with E-state index < -0.39 is 11.5 Å². The Morgan fingerprint density at radius 2 is 2.32 bits per heavy atom. The molecule has 1 fully saturated rings. The van der Waals surface area contributed by atoms with Gasteiger partial charge in [-0.05, 0) is 50.9 Å². The number of carbonyl (C=O) groups is 1. The average molecular weight is 258 g/mol. The van der Waals surface area contributed by atoms with Crippen LogP contribution in [-0.2, 0) is 4.79 Å². The maximum atomic E-state index is 11.5. The molecule has 1 saturated heterocycles. The van der Waals surface area contributed by atoms with E-state index in [1.807, 2.05) is 30.0 Å². The summed E-state index contributed by atoms with van der Waals surface area (Å²) in [6.45, 7) is 4.57. The first-order valence-electron chi connectivity index (χ1n) is 6.49. The molecule has 1 N–H and O–H groups in total. The average Bonchev–Trinajstić information content (AvgIpc) is 2.81. The molecular formula is C15H18N2O2. The van der Waals surface area contributed by atoms with Crippen molar-refractivity contribution in [1.29, 1.82) is 5.26 Å². The van der Waals surface area contributed by atoms with Gasteiger partial charge < -0.3 is 5.11 Å². The van der Waals surface area contributed by atoms with Crippen molar-refractivity contribution in [1.82, 2.24) is 4.90 Å². The predicted molar refractivity (Wildman–Crippen MR) is 71.6 cm³/mol. The lowest BCUT2D eigenvalue weighted by molar-refractivity contribution is -0.149. The molecule has 4 heteroatoms. The highest BCUT2D eigenvalue weighted by Gasteiger charge is 2.45. The lowest BCUT2D eigenvalue weighted by Crippen LogP contribution is -2.48. The minimum atomic E-state index is -0.804. The van der Waals surface area contributed by atoms with Gasteiger partial charge in [0.15, 0.2) is 0 Å². The first-order valence-corrected chi connectivity index (χ1v) is 6.49. The number of aliphatic carboxylic acids is 1. The summed E-state index contributed by atoms with van der Waals surface area (Å²) in [7, 11) is 0. The fraction of sp³-hybridized carbons (Fsp3) is 0.467. The largest absolute Gasteiger partial charge is 0.480 e. The molecular weight excluding hydrogens is 240 g/mol. The Morgan fingerprint density at radius 3 is 2.95 bits per heavy atom. The highest BCUT2D eigenvalue weighted by molar-refractivity contribution is 5.78. The van der Waals surface area contributed by atoms with Crippen LogP contribution in [0.3, 0.4) is 0 Å². The summed E-state index contributed by atoms with van der Waals surface area (Å²) in [5, 5.41) is 18.4. The van der Waals surface area contributed by atoms with E-state index in [1.54, 1.807) is 13.0 Å². The highest BCUT2D eigenvalue weighted by Crippen LogP contribution is 2.36. The van der Waals surface area contributed by atoms with Crippen LogP contribution in [0.2, 0.25) is 0 Å². The number of hydrogen-bond donors (Lipinski definition) is 1. The molecule has 100 valence electrons. The zero-order chi connectivity index (χ0) is 14.0. The summed E-state index contributed by atoms with van der Waals surface area (Å²) >= 11 is 0. The van der Waals surface area contributed by atoms with Gasteiger partial charge in [-0.15, -0.1) is 0 Å². The molecule has 0 spiro atoms. The lowest BCUT2D eigenvalue weighted by atomic mass is 9.95. The molecule has 0 amide bonds. The zero-order valence-corrected chi connectivity index (χ0v) is 11.3. The summed E-state index contributed by atoms with van der Waals surface area (Å²) in [4.78, 5) is 13.5. The van der Waals surface area contributed by atoms with Crippen LogP contribution in [0.25, 0.3) is 0 Å². The van der Waals surface area contributed by atoms with E-state index in [0.29, 0.717) is 12.0 Å². The van der Waals surface area contributed by atoms with Crippen molar-refractivity contribution in [3.63, 3.8) is 0 Å². The minimum absolute atomic E-state index is 0.00287. The van der Waals surface area contributed by atoms with Gasteiger partial charge in [-0.1, -0.05) is 12.1 Å². The van der Waals surface area contributed by atoms with Gasteiger partial charge in [-0.25, -0.2) is 0 Å². The molecule has 2 rings (SSSR count). The van der Waals surface area contributed by atoms with Crippen molar-refractivity contribution in [2.24, 2.45) is 0 Å². The summed E-state index contributed by atoms with van der Waals surface area (Å²) in [5.74, 6) is -0.770. The number of nitrogens with zero attached hydrogens (tertiary/aromatic N) is 2. The lowest BCUT2D eigenvalue weighted by Gasteiger charge is -2.36. The monoisotopic (exact) mass is 258 g/mol. The molecule has 0 radical (unpaired) electrons. The second kappa shape index (κ2) is 5.02. The van der Waals surface area contributed by atoms with Crippen molar-refractivity contribution < 1.29 is 9.90 Å².